The molecule has 144 heavy (non-hydrogen) atoms. The smallest absolute Gasteiger partial charge is 0.255 e. The molecule has 4 heterocycles. The molecule has 0 aliphatic carbocycles. The van der Waals surface area contributed by atoms with Gasteiger partial charge in [-0.3, -0.25) is 19.2 Å². The number of anilines is 4. The maximum Gasteiger partial charge on any atom is 0.255 e. The fraction of sp³-hybridized carbons (Fsp3) is 0.303. The summed E-state index contributed by atoms with van der Waals surface area (Å²) in [6.45, 7) is 28.1. The molecule has 0 fully saturated rings. The SMILES string of the molecule is CCOc1ccc(NC(=O)c2ccc3c(c2)C(NS(=O)(=O)c2ccc(CC)cc2)[C@H](O)C(C)(C)O3)cc1.CCOc1ccccc1NC(=O)c1ccc2c(c1)[C@@H](NS(=O)(=O)c1ccc(CC)cc1)[C@H](O)C(C)(C)O2.CCc1ccc(S(=O)(=O)N[C@@H]2c3cc(C(=O)Nc4ccc(Br)cc4)ccc3OC(C)(C)[C@H]2O)cc1.CCc1ccc(S(=O)(=O)N[C@@H]2c3cc(C(=O)Nc4cccc(C)c4)ccc3OC(C)(C)[C@H]2O)cc1. The zero-order chi connectivity index (χ0) is 104. The minimum Gasteiger partial charge on any atom is -0.494 e. The summed E-state index contributed by atoms with van der Waals surface area (Å²) < 4.78 is 152. The number of fused-ring (bicyclic) bond motifs is 4. The van der Waals surface area contributed by atoms with Crippen molar-refractivity contribution in [3.8, 4) is 34.5 Å². The van der Waals surface area contributed by atoms with Crippen molar-refractivity contribution in [2.24, 2.45) is 0 Å². The average molecular weight is 2100 g/mol. The van der Waals surface area contributed by atoms with Crippen molar-refractivity contribution in [1.29, 1.82) is 0 Å². The van der Waals surface area contributed by atoms with E-state index in [1.54, 1.807) is 286 Å². The highest BCUT2D eigenvalue weighted by molar-refractivity contribution is 9.10. The van der Waals surface area contributed by atoms with Gasteiger partial charge in [0.25, 0.3) is 23.6 Å². The predicted octanol–water partition coefficient (Wildman–Crippen LogP) is 18.1. The molecule has 12 aromatic carbocycles. The number of rotatable bonds is 28. The lowest BCUT2D eigenvalue weighted by Crippen LogP contribution is -2.53. The molecule has 30 nitrogen and oxygen atoms in total. The number of aliphatic hydroxyl groups excluding tert-OH is 4. The second-order valence-electron chi connectivity index (χ2n) is 37.1. The Balaban J connectivity index is 0.000000161. The summed E-state index contributed by atoms with van der Waals surface area (Å²) in [7, 11) is -15.9. The molecule has 0 saturated carbocycles. The number of aryl methyl sites for hydroxylation is 5. The molecule has 16 rings (SSSR count). The highest BCUT2D eigenvalue weighted by atomic mass is 79.9. The summed E-state index contributed by atoms with van der Waals surface area (Å²) >= 11 is 3.36. The quantitative estimate of drug-likeness (QED) is 0.0217. The van der Waals surface area contributed by atoms with Gasteiger partial charge in [-0.05, 0) is 324 Å². The van der Waals surface area contributed by atoms with E-state index >= 15 is 0 Å². The topological polar surface area (TPSA) is 437 Å². The lowest BCUT2D eigenvalue weighted by Gasteiger charge is -2.42. The van der Waals surface area contributed by atoms with Gasteiger partial charge in [0, 0.05) is 66.0 Å². The second kappa shape index (κ2) is 45.3. The Kier molecular flexibility index (Phi) is 34.1. The van der Waals surface area contributed by atoms with Crippen LogP contribution in [0.25, 0.3) is 0 Å². The summed E-state index contributed by atoms with van der Waals surface area (Å²) in [6.07, 6.45) is -1.68. The van der Waals surface area contributed by atoms with Crippen LogP contribution in [0, 0.1) is 6.92 Å². The molecule has 1 unspecified atom stereocenters. The summed E-state index contributed by atoms with van der Waals surface area (Å²) in [6, 6.07) is 70.1. The van der Waals surface area contributed by atoms with E-state index < -0.39 is 117 Å². The van der Waals surface area contributed by atoms with Crippen molar-refractivity contribution in [3.05, 3.63) is 344 Å². The van der Waals surface area contributed by atoms with Gasteiger partial charge in [0.15, 0.2) is 0 Å². The molecule has 35 heteroatoms. The summed E-state index contributed by atoms with van der Waals surface area (Å²) in [5, 5.41) is 55.7. The van der Waals surface area contributed by atoms with E-state index in [0.717, 1.165) is 58.0 Å². The Hall–Kier alpha value is -12.7. The zero-order valence-electron chi connectivity index (χ0n) is 82.4. The fourth-order valence-electron chi connectivity index (χ4n) is 16.5. The molecule has 8 atom stereocenters. The van der Waals surface area contributed by atoms with E-state index in [9.17, 15) is 73.3 Å². The zero-order valence-corrected chi connectivity index (χ0v) is 87.3. The minimum absolute atomic E-state index is 0.0872. The number of amides is 4. The molecule has 0 saturated heterocycles. The van der Waals surface area contributed by atoms with E-state index in [1.807, 2.05) is 84.9 Å². The molecular weight excluding hydrogens is 1980 g/mol. The van der Waals surface area contributed by atoms with E-state index in [1.165, 1.54) is 0 Å². The van der Waals surface area contributed by atoms with E-state index in [0.29, 0.717) is 109 Å². The Morgan fingerprint density at radius 3 is 0.882 bits per heavy atom. The normalized spacial score (nSPS) is 18.6. The first-order valence-corrected chi connectivity index (χ1v) is 53.8. The van der Waals surface area contributed by atoms with Crippen molar-refractivity contribution in [1.82, 2.24) is 18.9 Å². The molecule has 4 aliphatic rings. The highest BCUT2D eigenvalue weighted by Crippen LogP contribution is 2.47. The largest absolute Gasteiger partial charge is 0.494 e. The van der Waals surface area contributed by atoms with Crippen molar-refractivity contribution in [2.45, 2.75) is 220 Å². The summed E-state index contributed by atoms with van der Waals surface area (Å²) in [4.78, 5) is 52.4. The number of benzene rings is 12. The average Bonchev–Trinajstić information content (AvgIpc) is 0.763. The third-order valence-corrected chi connectivity index (χ3v) is 31.3. The molecule has 0 radical (unpaired) electrons. The number of carbonyl (C=O) groups is 4. The maximum atomic E-state index is 13.3. The molecular formula is C109H121BrN8O22S4. The molecule has 4 amide bonds. The number of sulfonamides is 4. The molecule has 760 valence electrons. The minimum atomic E-state index is -3.99. The van der Waals surface area contributed by atoms with Crippen LogP contribution >= 0.6 is 15.9 Å². The Morgan fingerprint density at radius 2 is 0.597 bits per heavy atom. The highest BCUT2D eigenvalue weighted by Gasteiger charge is 2.50. The van der Waals surface area contributed by atoms with Gasteiger partial charge in [-0.15, -0.1) is 0 Å². The molecule has 0 bridgehead atoms. The Bertz CT molecular complexity index is 7150. The van der Waals surface area contributed by atoms with Gasteiger partial charge < -0.3 is 70.1 Å². The van der Waals surface area contributed by atoms with Crippen LogP contribution in [-0.4, -0.2) is 138 Å². The fourth-order valence-corrected chi connectivity index (χ4v) is 21.7. The maximum absolute atomic E-state index is 13.3. The van der Waals surface area contributed by atoms with Gasteiger partial charge >= 0.3 is 0 Å². The van der Waals surface area contributed by atoms with Gasteiger partial charge in [-0.1, -0.05) is 116 Å². The van der Waals surface area contributed by atoms with Crippen molar-refractivity contribution < 1.29 is 102 Å². The number of ether oxygens (including phenoxy) is 6. The first kappa shape index (κ1) is 109. The molecule has 4 aliphatic heterocycles. The number of hydrogen-bond acceptors (Lipinski definition) is 22. The van der Waals surface area contributed by atoms with Crippen LogP contribution in [0.1, 0.15) is 213 Å². The van der Waals surface area contributed by atoms with Crippen LogP contribution in [0.4, 0.5) is 22.7 Å². The van der Waals surface area contributed by atoms with Crippen LogP contribution in [-0.2, 0) is 65.8 Å². The van der Waals surface area contributed by atoms with E-state index in [2.05, 4.69) is 56.1 Å². The molecule has 12 aromatic rings. The Morgan fingerprint density at radius 1 is 0.319 bits per heavy atom. The standard InChI is InChI=1S/2C28H32N2O6S.C27H30N2O5S.C26H27BrN2O5S/c1-5-18-7-14-22(15-8-18)37(33,34)30-25-23-17-19(9-16-24(23)36-28(3,4)26(25)31)27(32)29-20-10-12-21(13-11-20)35-6-2;1-5-18-11-14-20(15-12-18)37(33,34)30-25-21-17-19(13-16-23(21)36-28(3,4)26(25)31)27(32)29-22-9-7-8-10-24(22)35-6-2;1-5-18-9-12-21(13-10-18)35(32,33)29-24-22-16-19(11-14-23(22)34-27(3,4)25(24)30)26(31)28-20-8-6-7-17(2)15-20;1-4-16-5-12-20(13-6-16)35(32,33)29-23-21-15-17(7-14-22(21)34-26(2,3)24(23)30)25(31)28-19-10-8-18(27)9-11-19/h2*7-17,25-26,30-31H,5-6H2,1-4H3,(H,29,32);6-16,24-25,29-30H,5H2,1-4H3,(H,28,31);5-15,23-24,29-30H,4H2,1-3H3,(H,28,31)/t25?,26-;25-,26+;24-,25+;23-,24+/m0111/s1. The van der Waals surface area contributed by atoms with Crippen LogP contribution in [0.2, 0.25) is 0 Å². The van der Waals surface area contributed by atoms with Gasteiger partial charge in [0.05, 0.1) is 62.7 Å². The third-order valence-electron chi connectivity index (χ3n) is 25.0. The van der Waals surface area contributed by atoms with E-state index in [-0.39, 0.29) is 42.9 Å². The van der Waals surface area contributed by atoms with Crippen LogP contribution in [0.3, 0.4) is 0 Å². The Labute approximate surface area is 849 Å². The number of nitrogens with one attached hydrogen (secondary N) is 8. The van der Waals surface area contributed by atoms with Gasteiger partial charge in [-0.25, -0.2) is 52.6 Å². The number of hydrogen-bond donors (Lipinski definition) is 12. The van der Waals surface area contributed by atoms with Crippen LogP contribution < -0.4 is 68.6 Å². The van der Waals surface area contributed by atoms with Gasteiger partial charge in [0.1, 0.15) is 81.3 Å². The number of halogens is 1. The van der Waals surface area contributed by atoms with Gasteiger partial charge in [0.2, 0.25) is 40.1 Å². The number of aliphatic hydroxyl groups is 4. The molecule has 0 spiro atoms. The molecule has 12 N–H and O–H groups in total. The summed E-state index contributed by atoms with van der Waals surface area (Å²) in [5.41, 5.74) is 5.86. The van der Waals surface area contributed by atoms with Crippen molar-refractivity contribution >= 4 is 102 Å². The van der Waals surface area contributed by atoms with Crippen LogP contribution in [0.5, 0.6) is 34.5 Å². The van der Waals surface area contributed by atoms with Crippen molar-refractivity contribution in [2.75, 3.05) is 34.5 Å². The number of carbonyl (C=O) groups excluding carboxylic acids is 4. The third kappa shape index (κ3) is 26.0. The van der Waals surface area contributed by atoms with Crippen molar-refractivity contribution in [3.63, 3.8) is 0 Å². The lowest BCUT2D eigenvalue weighted by molar-refractivity contribution is -0.0603. The lowest BCUT2D eigenvalue weighted by atomic mass is 9.86. The second-order valence-corrected chi connectivity index (χ2v) is 44.8. The van der Waals surface area contributed by atoms with E-state index in [4.69, 9.17) is 28.4 Å². The predicted molar refractivity (Wildman–Crippen MR) is 557 cm³/mol. The monoisotopic (exact) mass is 2100 g/mol. The molecule has 0 aromatic heterocycles. The van der Waals surface area contributed by atoms with Gasteiger partial charge in [-0.2, -0.15) is 0 Å². The van der Waals surface area contributed by atoms with Crippen LogP contribution in [0.15, 0.2) is 291 Å². The summed E-state index contributed by atoms with van der Waals surface area (Å²) in [5.74, 6) is 1.29. The number of para-hydroxylation sites is 2. The first-order chi connectivity index (χ1) is 68.1. The first-order valence-electron chi connectivity index (χ1n) is 47.1.